The number of aromatic nitrogens is 2. The van der Waals surface area contributed by atoms with Gasteiger partial charge in [0.05, 0.1) is 5.69 Å². The molecule has 0 radical (unpaired) electrons. The maximum absolute atomic E-state index is 10.8. The predicted molar refractivity (Wildman–Crippen MR) is 57.1 cm³/mol. The molecule has 6 nitrogen and oxygen atoms in total. The van der Waals surface area contributed by atoms with Gasteiger partial charge in [-0.3, -0.25) is 4.68 Å². The van der Waals surface area contributed by atoms with Crippen LogP contribution in [-0.4, -0.2) is 34.1 Å². The molecule has 0 unspecified atom stereocenters. The summed E-state index contributed by atoms with van der Waals surface area (Å²) in [5.74, 6) is -0.585. The van der Waals surface area contributed by atoms with Gasteiger partial charge in [0, 0.05) is 26.0 Å². The second-order valence-corrected chi connectivity index (χ2v) is 4.02. The minimum Gasteiger partial charge on any atom is -0.476 e. The van der Waals surface area contributed by atoms with Crippen molar-refractivity contribution >= 4 is 11.7 Å². The van der Waals surface area contributed by atoms with Crippen LogP contribution < -0.4 is 5.73 Å². The topological polar surface area (TPSA) is 90.4 Å². The summed E-state index contributed by atoms with van der Waals surface area (Å²) >= 11 is 0. The van der Waals surface area contributed by atoms with Gasteiger partial charge in [-0.1, -0.05) is 0 Å². The second-order valence-electron chi connectivity index (χ2n) is 4.02. The standard InChI is InChI=1S/C10H15N3O3/c11-8-6-13(12-9(8)10(14)15)5-7-1-3-16-4-2-7/h6-7H,1-5,11H2,(H,14,15). The summed E-state index contributed by atoms with van der Waals surface area (Å²) in [7, 11) is 0. The number of ether oxygens (including phenoxy) is 1. The van der Waals surface area contributed by atoms with E-state index in [0.717, 1.165) is 26.1 Å². The van der Waals surface area contributed by atoms with Crippen LogP contribution in [-0.2, 0) is 11.3 Å². The zero-order chi connectivity index (χ0) is 11.5. The summed E-state index contributed by atoms with van der Waals surface area (Å²) in [6.45, 7) is 2.25. The van der Waals surface area contributed by atoms with E-state index in [-0.39, 0.29) is 11.4 Å². The van der Waals surface area contributed by atoms with Crippen molar-refractivity contribution < 1.29 is 14.6 Å². The van der Waals surface area contributed by atoms with Crippen LogP contribution in [0.2, 0.25) is 0 Å². The Hall–Kier alpha value is -1.56. The molecule has 0 aliphatic carbocycles. The van der Waals surface area contributed by atoms with E-state index in [1.165, 1.54) is 0 Å². The van der Waals surface area contributed by atoms with E-state index in [4.69, 9.17) is 15.6 Å². The van der Waals surface area contributed by atoms with Crippen LogP contribution in [0.25, 0.3) is 0 Å². The Morgan fingerprint density at radius 2 is 2.31 bits per heavy atom. The first-order valence-corrected chi connectivity index (χ1v) is 5.31. The van der Waals surface area contributed by atoms with Gasteiger partial charge in [0.2, 0.25) is 0 Å². The van der Waals surface area contributed by atoms with Gasteiger partial charge in [0.25, 0.3) is 0 Å². The lowest BCUT2D eigenvalue weighted by Crippen LogP contribution is -2.20. The number of carbonyl (C=O) groups is 1. The molecule has 1 aliphatic heterocycles. The van der Waals surface area contributed by atoms with Gasteiger partial charge in [-0.25, -0.2) is 4.79 Å². The molecule has 1 aromatic heterocycles. The van der Waals surface area contributed by atoms with E-state index >= 15 is 0 Å². The van der Waals surface area contributed by atoms with Crippen LogP contribution in [0.4, 0.5) is 5.69 Å². The fraction of sp³-hybridized carbons (Fsp3) is 0.600. The fourth-order valence-corrected chi connectivity index (χ4v) is 1.89. The quantitative estimate of drug-likeness (QED) is 0.785. The summed E-state index contributed by atoms with van der Waals surface area (Å²) in [5.41, 5.74) is 5.72. The zero-order valence-corrected chi connectivity index (χ0v) is 8.93. The first-order chi connectivity index (χ1) is 7.66. The van der Waals surface area contributed by atoms with Crippen molar-refractivity contribution in [3.05, 3.63) is 11.9 Å². The SMILES string of the molecule is Nc1cn(CC2CCOCC2)nc1C(=O)O. The van der Waals surface area contributed by atoms with Crippen molar-refractivity contribution in [2.75, 3.05) is 18.9 Å². The van der Waals surface area contributed by atoms with E-state index in [1.54, 1.807) is 10.9 Å². The van der Waals surface area contributed by atoms with Gasteiger partial charge in [0.15, 0.2) is 5.69 Å². The Labute approximate surface area is 93.0 Å². The molecule has 0 bridgehead atoms. The van der Waals surface area contributed by atoms with Crippen molar-refractivity contribution in [3.8, 4) is 0 Å². The first kappa shape index (κ1) is 10.9. The average molecular weight is 225 g/mol. The third-order valence-electron chi connectivity index (χ3n) is 2.78. The molecular formula is C10H15N3O3. The maximum atomic E-state index is 10.8. The average Bonchev–Trinajstić information content (AvgIpc) is 2.61. The molecule has 1 aromatic rings. The van der Waals surface area contributed by atoms with Gasteiger partial charge >= 0.3 is 5.97 Å². The Bertz CT molecular complexity index is 383. The maximum Gasteiger partial charge on any atom is 0.358 e. The predicted octanol–water partition coefficient (Wildman–Crippen LogP) is 0.590. The Balaban J connectivity index is 2.03. The Morgan fingerprint density at radius 3 is 2.88 bits per heavy atom. The highest BCUT2D eigenvalue weighted by molar-refractivity contribution is 5.91. The number of carboxylic acid groups (broad SMARTS) is 1. The number of hydrogen-bond acceptors (Lipinski definition) is 4. The zero-order valence-electron chi connectivity index (χ0n) is 8.93. The van der Waals surface area contributed by atoms with Gasteiger partial charge in [0.1, 0.15) is 0 Å². The number of nitrogens with two attached hydrogens (primary N) is 1. The third-order valence-corrected chi connectivity index (χ3v) is 2.78. The van der Waals surface area contributed by atoms with E-state index in [2.05, 4.69) is 5.10 Å². The molecule has 88 valence electrons. The number of carboxylic acids is 1. The highest BCUT2D eigenvalue weighted by Crippen LogP contribution is 2.18. The minimum absolute atomic E-state index is 0.0629. The summed E-state index contributed by atoms with van der Waals surface area (Å²) in [4.78, 5) is 10.8. The van der Waals surface area contributed by atoms with Crippen LogP contribution in [0.3, 0.4) is 0 Å². The lowest BCUT2D eigenvalue weighted by atomic mass is 10.0. The summed E-state index contributed by atoms with van der Waals surface area (Å²) in [6, 6.07) is 0. The van der Waals surface area contributed by atoms with Gasteiger partial charge < -0.3 is 15.6 Å². The van der Waals surface area contributed by atoms with Crippen LogP contribution in [0.5, 0.6) is 0 Å². The number of rotatable bonds is 3. The third kappa shape index (κ3) is 2.33. The number of nitrogens with zero attached hydrogens (tertiary/aromatic N) is 2. The Kier molecular flexibility index (Phi) is 3.09. The van der Waals surface area contributed by atoms with E-state index in [0.29, 0.717) is 12.5 Å². The molecule has 1 fully saturated rings. The van der Waals surface area contributed by atoms with Gasteiger partial charge in [-0.2, -0.15) is 5.10 Å². The normalized spacial score (nSPS) is 17.5. The summed E-state index contributed by atoms with van der Waals surface area (Å²) in [5, 5.41) is 12.8. The highest BCUT2D eigenvalue weighted by atomic mass is 16.5. The molecule has 1 saturated heterocycles. The number of hydrogen-bond donors (Lipinski definition) is 2. The van der Waals surface area contributed by atoms with Crippen molar-refractivity contribution in [1.29, 1.82) is 0 Å². The van der Waals surface area contributed by atoms with Crippen LogP contribution >= 0.6 is 0 Å². The molecule has 0 atom stereocenters. The number of anilines is 1. The lowest BCUT2D eigenvalue weighted by molar-refractivity contribution is 0.0596. The molecule has 6 heteroatoms. The van der Waals surface area contributed by atoms with Crippen LogP contribution in [0.1, 0.15) is 23.3 Å². The molecule has 16 heavy (non-hydrogen) atoms. The minimum atomic E-state index is -1.08. The molecule has 0 aromatic carbocycles. The number of aromatic carboxylic acids is 1. The van der Waals surface area contributed by atoms with E-state index in [9.17, 15) is 4.79 Å². The molecule has 0 saturated carbocycles. The number of nitrogen functional groups attached to an aromatic ring is 1. The second kappa shape index (κ2) is 4.52. The largest absolute Gasteiger partial charge is 0.476 e. The fourth-order valence-electron chi connectivity index (χ4n) is 1.89. The van der Waals surface area contributed by atoms with Crippen molar-refractivity contribution in [3.63, 3.8) is 0 Å². The monoisotopic (exact) mass is 225 g/mol. The van der Waals surface area contributed by atoms with Crippen LogP contribution in [0, 0.1) is 5.92 Å². The molecule has 0 amide bonds. The summed E-state index contributed by atoms with van der Waals surface area (Å²) < 4.78 is 6.88. The first-order valence-electron chi connectivity index (χ1n) is 5.31. The lowest BCUT2D eigenvalue weighted by Gasteiger charge is -2.21. The molecule has 1 aliphatic rings. The highest BCUT2D eigenvalue weighted by Gasteiger charge is 2.17. The Morgan fingerprint density at radius 1 is 1.62 bits per heavy atom. The van der Waals surface area contributed by atoms with Crippen LogP contribution in [0.15, 0.2) is 6.20 Å². The van der Waals surface area contributed by atoms with Crippen molar-refractivity contribution in [2.45, 2.75) is 19.4 Å². The summed E-state index contributed by atoms with van der Waals surface area (Å²) in [6.07, 6.45) is 3.56. The molecular weight excluding hydrogens is 210 g/mol. The molecule has 0 spiro atoms. The van der Waals surface area contributed by atoms with Crippen molar-refractivity contribution in [1.82, 2.24) is 9.78 Å². The van der Waals surface area contributed by atoms with E-state index in [1.807, 2.05) is 0 Å². The van der Waals surface area contributed by atoms with Crippen molar-refractivity contribution in [2.24, 2.45) is 5.92 Å². The smallest absolute Gasteiger partial charge is 0.358 e. The van der Waals surface area contributed by atoms with Gasteiger partial charge in [-0.15, -0.1) is 0 Å². The molecule has 2 rings (SSSR count). The molecule has 2 heterocycles. The van der Waals surface area contributed by atoms with Gasteiger partial charge in [-0.05, 0) is 18.8 Å². The van der Waals surface area contributed by atoms with E-state index < -0.39 is 5.97 Å². The molecule has 3 N–H and O–H groups in total.